The molecule has 0 saturated carbocycles. The molecule has 1 amide bonds. The van der Waals surface area contributed by atoms with E-state index < -0.39 is 0 Å². The molecule has 1 aromatic rings. The number of benzene rings is 1. The van der Waals surface area contributed by atoms with Gasteiger partial charge < -0.3 is 14.4 Å². The molecule has 120 valence electrons. The number of ether oxygens (including phenoxy) is 2. The van der Waals surface area contributed by atoms with Gasteiger partial charge in [-0.3, -0.25) is 9.59 Å². The van der Waals surface area contributed by atoms with Crippen molar-refractivity contribution in [1.29, 1.82) is 0 Å². The van der Waals surface area contributed by atoms with Gasteiger partial charge in [0.05, 0.1) is 19.8 Å². The van der Waals surface area contributed by atoms with Crippen LogP contribution in [0.2, 0.25) is 0 Å². The summed E-state index contributed by atoms with van der Waals surface area (Å²) >= 11 is 0. The number of methoxy groups -OCH3 is 1. The molecule has 1 unspecified atom stereocenters. The Balaban J connectivity index is 1.75. The molecule has 1 saturated heterocycles. The molecule has 0 aliphatic carbocycles. The highest BCUT2D eigenvalue weighted by atomic mass is 16.5. The van der Waals surface area contributed by atoms with Crippen molar-refractivity contribution in [3.63, 3.8) is 0 Å². The highest BCUT2D eigenvalue weighted by Gasteiger charge is 2.21. The number of morpholine rings is 1. The molecule has 0 radical (unpaired) electrons. The lowest BCUT2D eigenvalue weighted by atomic mass is 10.0. The zero-order valence-corrected chi connectivity index (χ0v) is 13.2. The minimum Gasteiger partial charge on any atom is -0.497 e. The Morgan fingerprint density at radius 3 is 2.64 bits per heavy atom. The van der Waals surface area contributed by atoms with Crippen molar-refractivity contribution >= 4 is 11.7 Å². The van der Waals surface area contributed by atoms with Crippen molar-refractivity contribution in [2.75, 3.05) is 26.8 Å². The predicted molar refractivity (Wildman–Crippen MR) is 83.2 cm³/mol. The van der Waals surface area contributed by atoms with E-state index in [4.69, 9.17) is 9.47 Å². The first-order chi connectivity index (χ1) is 10.6. The number of nitrogens with zero attached hydrogens (tertiary/aromatic N) is 1. The topological polar surface area (TPSA) is 55.8 Å². The van der Waals surface area contributed by atoms with Crippen molar-refractivity contribution in [2.45, 2.75) is 32.3 Å². The van der Waals surface area contributed by atoms with E-state index >= 15 is 0 Å². The zero-order chi connectivity index (χ0) is 15.9. The molecule has 0 aromatic heterocycles. The van der Waals surface area contributed by atoms with Crippen LogP contribution in [0.25, 0.3) is 0 Å². The minimum atomic E-state index is 0.0609. The van der Waals surface area contributed by atoms with E-state index in [0.29, 0.717) is 44.5 Å². The summed E-state index contributed by atoms with van der Waals surface area (Å²) in [5, 5.41) is 0. The molecule has 22 heavy (non-hydrogen) atoms. The molecule has 0 N–H and O–H groups in total. The fourth-order valence-electron chi connectivity index (χ4n) is 2.52. The molecule has 1 fully saturated rings. The van der Waals surface area contributed by atoms with Gasteiger partial charge in [-0.25, -0.2) is 0 Å². The fraction of sp³-hybridized carbons (Fsp3) is 0.529. The minimum absolute atomic E-state index is 0.0609. The van der Waals surface area contributed by atoms with Gasteiger partial charge in [0.2, 0.25) is 5.91 Å². The van der Waals surface area contributed by atoms with Crippen molar-refractivity contribution in [2.24, 2.45) is 0 Å². The number of amides is 1. The van der Waals surface area contributed by atoms with E-state index in [0.717, 1.165) is 5.75 Å². The summed E-state index contributed by atoms with van der Waals surface area (Å²) in [6.07, 6.45) is 1.47. The van der Waals surface area contributed by atoms with Gasteiger partial charge >= 0.3 is 0 Å². The number of hydrogen-bond donors (Lipinski definition) is 0. The summed E-state index contributed by atoms with van der Waals surface area (Å²) < 4.78 is 10.5. The monoisotopic (exact) mass is 305 g/mol. The molecular weight excluding hydrogens is 282 g/mol. The maximum atomic E-state index is 12.1. The lowest BCUT2D eigenvalue weighted by molar-refractivity contribution is -0.138. The number of rotatable bonds is 6. The zero-order valence-electron chi connectivity index (χ0n) is 13.2. The molecule has 5 nitrogen and oxygen atoms in total. The molecule has 0 spiro atoms. The van der Waals surface area contributed by atoms with Crippen molar-refractivity contribution in [1.82, 2.24) is 4.90 Å². The van der Waals surface area contributed by atoms with Gasteiger partial charge in [-0.1, -0.05) is 0 Å². The smallest absolute Gasteiger partial charge is 0.222 e. The SMILES string of the molecule is COc1ccc(C(=O)CCCC(=O)N2CCOC(C)C2)cc1. The summed E-state index contributed by atoms with van der Waals surface area (Å²) in [5.74, 6) is 0.900. The fourth-order valence-corrected chi connectivity index (χ4v) is 2.52. The highest BCUT2D eigenvalue weighted by molar-refractivity contribution is 5.96. The van der Waals surface area contributed by atoms with Crippen LogP contribution in [0.1, 0.15) is 36.5 Å². The largest absolute Gasteiger partial charge is 0.497 e. The molecule has 1 aliphatic rings. The Labute approximate surface area is 131 Å². The number of carbonyl (C=O) groups excluding carboxylic acids is 2. The van der Waals surface area contributed by atoms with Crippen LogP contribution in [0, 0.1) is 0 Å². The quantitative estimate of drug-likeness (QED) is 0.757. The van der Waals surface area contributed by atoms with Gasteiger partial charge in [0.25, 0.3) is 0 Å². The lowest BCUT2D eigenvalue weighted by Gasteiger charge is -2.31. The second-order valence-electron chi connectivity index (χ2n) is 5.53. The standard InChI is InChI=1S/C17H23NO4/c1-13-12-18(10-11-22-13)17(20)5-3-4-16(19)14-6-8-15(21-2)9-7-14/h6-9,13H,3-5,10-12H2,1-2H3. The first-order valence-corrected chi connectivity index (χ1v) is 7.67. The van der Waals surface area contributed by atoms with Crippen LogP contribution in [-0.4, -0.2) is 49.5 Å². The lowest BCUT2D eigenvalue weighted by Crippen LogP contribution is -2.44. The van der Waals surface area contributed by atoms with Gasteiger partial charge in [-0.15, -0.1) is 0 Å². The van der Waals surface area contributed by atoms with E-state index in [9.17, 15) is 9.59 Å². The summed E-state index contributed by atoms with van der Waals surface area (Å²) in [6, 6.07) is 7.06. The van der Waals surface area contributed by atoms with Gasteiger partial charge in [0, 0.05) is 31.5 Å². The Hall–Kier alpha value is -1.88. The van der Waals surface area contributed by atoms with Gasteiger partial charge in [-0.05, 0) is 37.6 Å². The van der Waals surface area contributed by atoms with Crippen molar-refractivity contribution < 1.29 is 19.1 Å². The second-order valence-corrected chi connectivity index (χ2v) is 5.53. The molecule has 5 heteroatoms. The van der Waals surface area contributed by atoms with Crippen LogP contribution in [-0.2, 0) is 9.53 Å². The highest BCUT2D eigenvalue weighted by Crippen LogP contribution is 2.14. The average molecular weight is 305 g/mol. The average Bonchev–Trinajstić information content (AvgIpc) is 2.54. The number of ketones is 1. The van der Waals surface area contributed by atoms with E-state index in [1.807, 2.05) is 11.8 Å². The van der Waals surface area contributed by atoms with Crippen molar-refractivity contribution in [3.05, 3.63) is 29.8 Å². The maximum Gasteiger partial charge on any atom is 0.222 e. The number of Topliss-reactive ketones (excluding diaryl/α,β-unsaturated/α-hetero) is 1. The third-order valence-corrected chi connectivity index (χ3v) is 3.80. The van der Waals surface area contributed by atoms with Crippen molar-refractivity contribution in [3.8, 4) is 5.75 Å². The van der Waals surface area contributed by atoms with E-state index in [-0.39, 0.29) is 17.8 Å². The molecule has 0 bridgehead atoms. The van der Waals surface area contributed by atoms with Crippen LogP contribution in [0.3, 0.4) is 0 Å². The van der Waals surface area contributed by atoms with E-state index in [1.165, 1.54) is 0 Å². The van der Waals surface area contributed by atoms with Crippen LogP contribution in [0.4, 0.5) is 0 Å². The van der Waals surface area contributed by atoms with Crippen LogP contribution >= 0.6 is 0 Å². The molecular formula is C17H23NO4. The van der Waals surface area contributed by atoms with Crippen LogP contribution < -0.4 is 4.74 Å². The molecule has 1 heterocycles. The summed E-state index contributed by atoms with van der Waals surface area (Å²) in [5.41, 5.74) is 0.660. The van der Waals surface area contributed by atoms with E-state index in [2.05, 4.69) is 0 Å². The number of hydrogen-bond acceptors (Lipinski definition) is 4. The van der Waals surface area contributed by atoms with Gasteiger partial charge in [0.15, 0.2) is 5.78 Å². The van der Waals surface area contributed by atoms with E-state index in [1.54, 1.807) is 31.4 Å². The Bertz CT molecular complexity index is 512. The van der Waals surface area contributed by atoms with Gasteiger partial charge in [-0.2, -0.15) is 0 Å². The predicted octanol–water partition coefficient (Wildman–Crippen LogP) is 2.30. The normalized spacial score (nSPS) is 18.1. The Morgan fingerprint density at radius 1 is 1.27 bits per heavy atom. The third-order valence-electron chi connectivity index (χ3n) is 3.80. The third kappa shape index (κ3) is 4.56. The first kappa shape index (κ1) is 16.5. The summed E-state index contributed by atoms with van der Waals surface area (Å²) in [7, 11) is 1.59. The first-order valence-electron chi connectivity index (χ1n) is 7.67. The molecule has 1 aromatic carbocycles. The maximum absolute atomic E-state index is 12.1. The van der Waals surface area contributed by atoms with Crippen LogP contribution in [0.15, 0.2) is 24.3 Å². The Kier molecular flexibility index (Phi) is 5.95. The second kappa shape index (κ2) is 7.94. The van der Waals surface area contributed by atoms with Crippen LogP contribution in [0.5, 0.6) is 5.75 Å². The summed E-state index contributed by atoms with van der Waals surface area (Å²) in [6.45, 7) is 3.85. The number of carbonyl (C=O) groups is 2. The Morgan fingerprint density at radius 2 is 2.00 bits per heavy atom. The molecule has 1 aliphatic heterocycles. The van der Waals surface area contributed by atoms with Gasteiger partial charge in [0.1, 0.15) is 5.75 Å². The molecule has 2 rings (SSSR count). The summed E-state index contributed by atoms with van der Waals surface area (Å²) in [4.78, 5) is 26.0. The molecule has 1 atom stereocenters.